The summed E-state index contributed by atoms with van der Waals surface area (Å²) in [5, 5.41) is 11.8. The number of anilines is 1. The molecule has 8 nitrogen and oxygen atoms in total. The van der Waals surface area contributed by atoms with E-state index in [1.165, 1.54) is 31.5 Å². The fourth-order valence-electron chi connectivity index (χ4n) is 2.33. The molecule has 1 aliphatic rings. The Morgan fingerprint density at radius 2 is 2.31 bits per heavy atom. The molecule has 0 fully saturated rings. The average Bonchev–Trinajstić information content (AvgIpc) is 2.80. The fourth-order valence-corrected chi connectivity index (χ4v) is 3.32. The summed E-state index contributed by atoms with van der Waals surface area (Å²) in [5.74, 6) is -0.662. The Morgan fingerprint density at radius 1 is 1.50 bits per heavy atom. The lowest BCUT2D eigenvalue weighted by Crippen LogP contribution is -2.39. The number of ether oxygens (including phenoxy) is 2. The van der Waals surface area contributed by atoms with Gasteiger partial charge in [0.25, 0.3) is 5.91 Å². The zero-order chi connectivity index (χ0) is 18.7. The minimum absolute atomic E-state index is 0.0848. The fraction of sp³-hybridized carbons (Fsp3) is 0.250. The molecule has 3 N–H and O–H groups in total. The lowest BCUT2D eigenvalue weighted by atomic mass is 10.2. The van der Waals surface area contributed by atoms with Gasteiger partial charge in [-0.1, -0.05) is 0 Å². The molecule has 1 amide bonds. The second kappa shape index (κ2) is 7.67. The largest absolute Gasteiger partial charge is 0.495 e. The number of hydrogen-bond donors (Lipinski definition) is 3. The predicted molar refractivity (Wildman–Crippen MR) is 91.1 cm³/mol. The number of rotatable bonds is 5. The van der Waals surface area contributed by atoms with Crippen molar-refractivity contribution in [1.82, 2.24) is 10.3 Å². The van der Waals surface area contributed by atoms with Crippen LogP contribution >= 0.6 is 0 Å². The van der Waals surface area contributed by atoms with Gasteiger partial charge in [0.1, 0.15) is 28.6 Å². The molecule has 138 valence electrons. The van der Waals surface area contributed by atoms with Gasteiger partial charge in [-0.15, -0.1) is 0 Å². The van der Waals surface area contributed by atoms with Crippen LogP contribution in [-0.4, -0.2) is 46.6 Å². The van der Waals surface area contributed by atoms with Crippen molar-refractivity contribution >= 4 is 22.6 Å². The third-order valence-corrected chi connectivity index (χ3v) is 4.75. The van der Waals surface area contributed by atoms with Gasteiger partial charge in [0.2, 0.25) is 5.88 Å². The molecule has 0 spiro atoms. The molecule has 2 heterocycles. The van der Waals surface area contributed by atoms with Crippen molar-refractivity contribution in [1.29, 1.82) is 0 Å². The minimum Gasteiger partial charge on any atom is -0.495 e. The molecule has 2 aromatic rings. The monoisotopic (exact) mass is 381 g/mol. The van der Waals surface area contributed by atoms with Crippen molar-refractivity contribution in [3.05, 3.63) is 41.8 Å². The summed E-state index contributed by atoms with van der Waals surface area (Å²) in [6.07, 6.45) is 1.34. The molecule has 0 saturated carbocycles. The van der Waals surface area contributed by atoms with Crippen LogP contribution in [0, 0.1) is 5.82 Å². The normalized spacial score (nSPS) is 17.3. The van der Waals surface area contributed by atoms with E-state index in [1.54, 1.807) is 0 Å². The van der Waals surface area contributed by atoms with Gasteiger partial charge >= 0.3 is 0 Å². The summed E-state index contributed by atoms with van der Waals surface area (Å²) in [5.41, 5.74) is 0.406. The molecule has 1 unspecified atom stereocenters. The lowest BCUT2D eigenvalue weighted by molar-refractivity contribution is 0.0914. The van der Waals surface area contributed by atoms with Crippen molar-refractivity contribution < 1.29 is 28.0 Å². The molecule has 26 heavy (non-hydrogen) atoms. The molecule has 0 saturated heterocycles. The first-order valence-electron chi connectivity index (χ1n) is 7.58. The number of halogens is 1. The van der Waals surface area contributed by atoms with Crippen molar-refractivity contribution in [3.63, 3.8) is 0 Å². The van der Waals surface area contributed by atoms with Gasteiger partial charge in [0, 0.05) is 0 Å². The van der Waals surface area contributed by atoms with Crippen molar-refractivity contribution in [2.24, 2.45) is 0 Å². The van der Waals surface area contributed by atoms with Crippen LogP contribution in [0.1, 0.15) is 10.4 Å². The van der Waals surface area contributed by atoms with Gasteiger partial charge < -0.3 is 19.9 Å². The Balaban J connectivity index is 1.85. The van der Waals surface area contributed by atoms with Crippen molar-refractivity contribution in [2.45, 2.75) is 10.9 Å². The molecule has 0 bridgehead atoms. The van der Waals surface area contributed by atoms with E-state index in [1.807, 2.05) is 0 Å². The molecule has 1 aliphatic heterocycles. The van der Waals surface area contributed by atoms with Crippen LogP contribution in [0.25, 0.3) is 0 Å². The highest BCUT2D eigenvalue weighted by atomic mass is 32.2. The first-order valence-corrected chi connectivity index (χ1v) is 8.73. The van der Waals surface area contributed by atoms with E-state index in [0.717, 1.165) is 6.07 Å². The topological polar surface area (TPSA) is 110 Å². The van der Waals surface area contributed by atoms with Crippen LogP contribution in [0.15, 0.2) is 35.4 Å². The SMILES string of the molecule is COc1ccc(F)cc1S(=O)Nc1cnc2c(c1)C(=O)N[C@@H](CO)CO2. The van der Waals surface area contributed by atoms with Crippen LogP contribution < -0.4 is 19.5 Å². The van der Waals surface area contributed by atoms with Gasteiger partial charge in [0.05, 0.1) is 31.6 Å². The standard InChI is InChI=1S/C16H16FN3O5S/c1-24-13-3-2-9(17)4-14(13)26(23)20-10-5-12-15(22)19-11(7-21)8-25-16(12)18-6-10/h2-6,11,20-21H,7-8H2,1H3,(H,19,22)/t11-,26?/m0/s1. The van der Waals surface area contributed by atoms with Crippen LogP contribution in [0.4, 0.5) is 10.1 Å². The number of hydrogen-bond acceptors (Lipinski definition) is 6. The molecule has 1 aromatic carbocycles. The molecule has 0 radical (unpaired) electrons. The third kappa shape index (κ3) is 3.75. The maximum Gasteiger partial charge on any atom is 0.257 e. The number of aliphatic hydroxyl groups is 1. The Labute approximate surface area is 150 Å². The van der Waals surface area contributed by atoms with Crippen LogP contribution in [-0.2, 0) is 11.0 Å². The van der Waals surface area contributed by atoms with E-state index in [-0.39, 0.29) is 41.0 Å². The Kier molecular flexibility index (Phi) is 5.33. The second-order valence-electron chi connectivity index (χ2n) is 5.41. The van der Waals surface area contributed by atoms with E-state index < -0.39 is 28.8 Å². The van der Waals surface area contributed by atoms with E-state index in [9.17, 15) is 18.5 Å². The van der Waals surface area contributed by atoms with Crippen LogP contribution in [0.3, 0.4) is 0 Å². The second-order valence-corrected chi connectivity index (χ2v) is 6.59. The number of nitrogens with one attached hydrogen (secondary N) is 2. The van der Waals surface area contributed by atoms with Crippen molar-refractivity contribution in [2.75, 3.05) is 25.0 Å². The number of fused-ring (bicyclic) bond motifs is 1. The summed E-state index contributed by atoms with van der Waals surface area (Å²) < 4.78 is 39.1. The van der Waals surface area contributed by atoms with Gasteiger partial charge in [-0.05, 0) is 24.3 Å². The van der Waals surface area contributed by atoms with Crippen LogP contribution in [0.5, 0.6) is 11.6 Å². The number of amides is 1. The number of methoxy groups -OCH3 is 1. The highest BCUT2D eigenvalue weighted by molar-refractivity contribution is 7.86. The Morgan fingerprint density at radius 3 is 3.04 bits per heavy atom. The maximum atomic E-state index is 13.5. The van der Waals surface area contributed by atoms with E-state index in [0.29, 0.717) is 0 Å². The van der Waals surface area contributed by atoms with Crippen molar-refractivity contribution in [3.8, 4) is 11.6 Å². The number of carbonyl (C=O) groups is 1. The van der Waals surface area contributed by atoms with E-state index >= 15 is 0 Å². The molecule has 0 aliphatic carbocycles. The number of aliphatic hydroxyl groups excluding tert-OH is 1. The molecule has 10 heteroatoms. The van der Waals surface area contributed by atoms with Gasteiger partial charge in [0.15, 0.2) is 11.0 Å². The van der Waals surface area contributed by atoms with Gasteiger partial charge in [-0.2, -0.15) is 0 Å². The average molecular weight is 381 g/mol. The van der Waals surface area contributed by atoms with Gasteiger partial charge in [-0.25, -0.2) is 13.6 Å². The summed E-state index contributed by atoms with van der Waals surface area (Å²) >= 11 is 0. The Hall–Kier alpha value is -2.72. The van der Waals surface area contributed by atoms with Crippen LogP contribution in [0.2, 0.25) is 0 Å². The number of nitrogens with zero attached hydrogens (tertiary/aromatic N) is 1. The molecular weight excluding hydrogens is 365 g/mol. The molecule has 3 rings (SSSR count). The van der Waals surface area contributed by atoms with Gasteiger partial charge in [-0.3, -0.25) is 9.52 Å². The lowest BCUT2D eigenvalue weighted by Gasteiger charge is -2.11. The highest BCUT2D eigenvalue weighted by Gasteiger charge is 2.24. The first kappa shape index (κ1) is 18.1. The minimum atomic E-state index is -1.85. The summed E-state index contributed by atoms with van der Waals surface area (Å²) in [6, 6.07) is 4.54. The molecular formula is C16H16FN3O5S. The molecule has 1 aromatic heterocycles. The predicted octanol–water partition coefficient (Wildman–Crippen LogP) is 0.847. The number of aromatic nitrogens is 1. The Bertz CT molecular complexity index is 864. The summed E-state index contributed by atoms with van der Waals surface area (Å²) in [6.45, 7) is -0.185. The maximum absolute atomic E-state index is 13.5. The smallest absolute Gasteiger partial charge is 0.257 e. The highest BCUT2D eigenvalue weighted by Crippen LogP contribution is 2.26. The molecule has 2 atom stereocenters. The van der Waals surface area contributed by atoms with E-state index in [2.05, 4.69) is 15.0 Å². The number of carbonyl (C=O) groups excluding carboxylic acids is 1. The quantitative estimate of drug-likeness (QED) is 0.708. The van der Waals surface area contributed by atoms with E-state index in [4.69, 9.17) is 9.47 Å². The summed E-state index contributed by atoms with van der Waals surface area (Å²) in [7, 11) is -0.463. The number of benzene rings is 1. The first-order chi connectivity index (χ1) is 12.5. The zero-order valence-corrected chi connectivity index (χ0v) is 14.5. The third-order valence-electron chi connectivity index (χ3n) is 3.61. The zero-order valence-electron chi connectivity index (χ0n) is 13.7. The summed E-state index contributed by atoms with van der Waals surface area (Å²) in [4.78, 5) is 16.4. The number of pyridine rings is 1.